The predicted octanol–water partition coefficient (Wildman–Crippen LogP) is 3.32. The van der Waals surface area contributed by atoms with Gasteiger partial charge in [-0.3, -0.25) is 9.67 Å². The fraction of sp³-hybridized carbons (Fsp3) is 0.250. The summed E-state index contributed by atoms with van der Waals surface area (Å²) in [6, 6.07) is 9.76. The van der Waals surface area contributed by atoms with Gasteiger partial charge in [-0.2, -0.15) is 5.10 Å². The van der Waals surface area contributed by atoms with Gasteiger partial charge in [-0.15, -0.1) is 0 Å². The van der Waals surface area contributed by atoms with Gasteiger partial charge in [0, 0.05) is 25.1 Å². The van der Waals surface area contributed by atoms with Gasteiger partial charge < -0.3 is 5.11 Å². The highest BCUT2D eigenvalue weighted by molar-refractivity contribution is 9.10. The van der Waals surface area contributed by atoms with E-state index in [0.29, 0.717) is 6.42 Å². The number of rotatable bonds is 3. The molecule has 0 fully saturated rings. The molecule has 0 saturated heterocycles. The molecule has 0 aliphatic rings. The molecule has 1 aromatic carbocycles. The lowest BCUT2D eigenvalue weighted by atomic mass is 10.0. The maximum atomic E-state index is 10.5. The molecule has 2 aromatic heterocycles. The first-order valence-corrected chi connectivity index (χ1v) is 7.56. The van der Waals surface area contributed by atoms with Gasteiger partial charge in [0.15, 0.2) is 0 Å². The number of aliphatic hydroxyl groups excluding tert-OH is 1. The Morgan fingerprint density at radius 2 is 2.14 bits per heavy atom. The van der Waals surface area contributed by atoms with Crippen LogP contribution in [-0.4, -0.2) is 19.9 Å². The molecule has 21 heavy (non-hydrogen) atoms. The smallest absolute Gasteiger partial charge is 0.0845 e. The van der Waals surface area contributed by atoms with Crippen molar-refractivity contribution in [3.8, 4) is 0 Å². The Bertz CT molecular complexity index is 797. The minimum atomic E-state index is -0.569. The average molecular weight is 346 g/mol. The number of halogens is 1. The van der Waals surface area contributed by atoms with E-state index in [1.807, 2.05) is 49.0 Å². The highest BCUT2D eigenvalue weighted by Crippen LogP contribution is 2.27. The molecular formula is C16H16BrN3O. The van der Waals surface area contributed by atoms with Crippen LogP contribution in [0.25, 0.3) is 10.9 Å². The standard InChI is InChI=1S/C16H16BrN3O/c1-10-16(17)14(20(2)19-10)9-15(21)12-5-6-13-11(8-12)4-3-7-18-13/h3-8,15,21H,9H2,1-2H3. The van der Waals surface area contributed by atoms with Crippen LogP contribution in [0, 0.1) is 6.92 Å². The third-order valence-corrected chi connectivity index (χ3v) is 4.69. The first-order valence-electron chi connectivity index (χ1n) is 6.77. The molecule has 0 amide bonds. The molecular weight excluding hydrogens is 330 g/mol. The fourth-order valence-corrected chi connectivity index (χ4v) is 3.00. The van der Waals surface area contributed by atoms with Gasteiger partial charge in [-0.1, -0.05) is 12.1 Å². The van der Waals surface area contributed by atoms with E-state index in [1.165, 1.54) is 0 Å². The molecule has 0 radical (unpaired) electrons. The summed E-state index contributed by atoms with van der Waals surface area (Å²) in [7, 11) is 1.89. The molecule has 2 heterocycles. The Morgan fingerprint density at radius 1 is 1.33 bits per heavy atom. The van der Waals surface area contributed by atoms with Gasteiger partial charge in [0.25, 0.3) is 0 Å². The summed E-state index contributed by atoms with van der Waals surface area (Å²) in [5.41, 5.74) is 3.75. The Hall–Kier alpha value is -1.72. The van der Waals surface area contributed by atoms with E-state index in [4.69, 9.17) is 0 Å². The van der Waals surface area contributed by atoms with Crippen LogP contribution >= 0.6 is 15.9 Å². The zero-order valence-corrected chi connectivity index (χ0v) is 13.5. The lowest BCUT2D eigenvalue weighted by Crippen LogP contribution is -2.07. The summed E-state index contributed by atoms with van der Waals surface area (Å²) in [6.07, 6.45) is 1.72. The Labute approximate surface area is 131 Å². The molecule has 0 spiro atoms. The van der Waals surface area contributed by atoms with Crippen LogP contribution in [0.3, 0.4) is 0 Å². The molecule has 4 nitrogen and oxygen atoms in total. The highest BCUT2D eigenvalue weighted by Gasteiger charge is 2.16. The summed E-state index contributed by atoms with van der Waals surface area (Å²) in [4.78, 5) is 4.29. The number of benzene rings is 1. The second kappa shape index (κ2) is 5.58. The third-order valence-electron chi connectivity index (χ3n) is 3.66. The van der Waals surface area contributed by atoms with Crippen LogP contribution in [0.5, 0.6) is 0 Å². The quantitative estimate of drug-likeness (QED) is 0.792. The molecule has 0 aliphatic carbocycles. The molecule has 0 aliphatic heterocycles. The summed E-state index contributed by atoms with van der Waals surface area (Å²) in [5, 5.41) is 15.9. The van der Waals surface area contributed by atoms with Crippen molar-refractivity contribution in [2.24, 2.45) is 7.05 Å². The van der Waals surface area contributed by atoms with E-state index >= 15 is 0 Å². The number of nitrogens with zero attached hydrogens (tertiary/aromatic N) is 3. The Morgan fingerprint density at radius 3 is 2.86 bits per heavy atom. The predicted molar refractivity (Wildman–Crippen MR) is 86.1 cm³/mol. The van der Waals surface area contributed by atoms with Crippen LogP contribution in [0.1, 0.15) is 23.1 Å². The van der Waals surface area contributed by atoms with E-state index in [-0.39, 0.29) is 0 Å². The van der Waals surface area contributed by atoms with Crippen molar-refractivity contribution in [3.63, 3.8) is 0 Å². The second-order valence-corrected chi connectivity index (χ2v) is 5.94. The van der Waals surface area contributed by atoms with E-state index in [9.17, 15) is 5.11 Å². The monoisotopic (exact) mass is 345 g/mol. The third kappa shape index (κ3) is 2.71. The SMILES string of the molecule is Cc1nn(C)c(CC(O)c2ccc3ncccc3c2)c1Br. The molecule has 5 heteroatoms. The minimum absolute atomic E-state index is 0.518. The van der Waals surface area contributed by atoms with Crippen molar-refractivity contribution >= 4 is 26.8 Å². The average Bonchev–Trinajstić information content (AvgIpc) is 2.73. The Kier molecular flexibility index (Phi) is 3.78. The minimum Gasteiger partial charge on any atom is -0.388 e. The summed E-state index contributed by atoms with van der Waals surface area (Å²) >= 11 is 3.54. The van der Waals surface area contributed by atoms with Crippen molar-refractivity contribution in [2.45, 2.75) is 19.4 Å². The summed E-state index contributed by atoms with van der Waals surface area (Å²) in [5.74, 6) is 0. The molecule has 3 rings (SSSR count). The van der Waals surface area contributed by atoms with Crippen LogP contribution in [-0.2, 0) is 13.5 Å². The van der Waals surface area contributed by atoms with Gasteiger partial charge in [0.05, 0.1) is 27.5 Å². The van der Waals surface area contributed by atoms with E-state index < -0.39 is 6.10 Å². The maximum absolute atomic E-state index is 10.5. The number of aryl methyl sites for hydroxylation is 2. The molecule has 3 aromatic rings. The number of aliphatic hydroxyl groups is 1. The van der Waals surface area contributed by atoms with E-state index in [2.05, 4.69) is 26.0 Å². The van der Waals surface area contributed by atoms with Gasteiger partial charge >= 0.3 is 0 Å². The zero-order valence-electron chi connectivity index (χ0n) is 11.9. The fourth-order valence-electron chi connectivity index (χ4n) is 2.50. The lowest BCUT2D eigenvalue weighted by Gasteiger charge is -2.12. The molecule has 1 unspecified atom stereocenters. The Balaban J connectivity index is 1.91. The van der Waals surface area contributed by atoms with Crippen molar-refractivity contribution in [1.29, 1.82) is 0 Å². The van der Waals surface area contributed by atoms with Crippen LogP contribution in [0.4, 0.5) is 0 Å². The van der Waals surface area contributed by atoms with Crippen LogP contribution < -0.4 is 0 Å². The van der Waals surface area contributed by atoms with Crippen molar-refractivity contribution in [2.75, 3.05) is 0 Å². The largest absolute Gasteiger partial charge is 0.388 e. The molecule has 1 atom stereocenters. The topological polar surface area (TPSA) is 50.9 Å². The van der Waals surface area contributed by atoms with Crippen LogP contribution in [0.15, 0.2) is 41.0 Å². The first kappa shape index (κ1) is 14.2. The van der Waals surface area contributed by atoms with E-state index in [0.717, 1.165) is 32.3 Å². The van der Waals surface area contributed by atoms with Gasteiger partial charge in [-0.05, 0) is 46.6 Å². The maximum Gasteiger partial charge on any atom is 0.0845 e. The first-order chi connectivity index (χ1) is 10.1. The molecule has 108 valence electrons. The highest BCUT2D eigenvalue weighted by atomic mass is 79.9. The summed E-state index contributed by atoms with van der Waals surface area (Å²) in [6.45, 7) is 1.95. The number of aromatic nitrogens is 3. The number of fused-ring (bicyclic) bond motifs is 1. The number of pyridine rings is 1. The van der Waals surface area contributed by atoms with Gasteiger partial charge in [0.2, 0.25) is 0 Å². The lowest BCUT2D eigenvalue weighted by molar-refractivity contribution is 0.175. The molecule has 0 saturated carbocycles. The number of hydrogen-bond acceptors (Lipinski definition) is 3. The number of hydrogen-bond donors (Lipinski definition) is 1. The van der Waals surface area contributed by atoms with Crippen molar-refractivity contribution in [1.82, 2.24) is 14.8 Å². The molecule has 1 N–H and O–H groups in total. The van der Waals surface area contributed by atoms with Crippen LogP contribution in [0.2, 0.25) is 0 Å². The molecule has 0 bridgehead atoms. The zero-order chi connectivity index (χ0) is 15.0. The van der Waals surface area contributed by atoms with Gasteiger partial charge in [0.1, 0.15) is 0 Å². The normalized spacial score (nSPS) is 12.8. The van der Waals surface area contributed by atoms with Gasteiger partial charge in [-0.25, -0.2) is 0 Å². The van der Waals surface area contributed by atoms with E-state index in [1.54, 1.807) is 6.20 Å². The van der Waals surface area contributed by atoms with Crippen molar-refractivity contribution < 1.29 is 5.11 Å². The second-order valence-electron chi connectivity index (χ2n) is 5.15. The van der Waals surface area contributed by atoms with Crippen molar-refractivity contribution in [3.05, 3.63) is 58.0 Å². The summed E-state index contributed by atoms with van der Waals surface area (Å²) < 4.78 is 2.78.